The highest BCUT2D eigenvalue weighted by molar-refractivity contribution is 8.01. The number of hydrogen-bond donors (Lipinski definition) is 1. The van der Waals surface area contributed by atoms with Crippen LogP contribution in [0.3, 0.4) is 0 Å². The molecule has 0 aliphatic heterocycles. The highest BCUT2D eigenvalue weighted by atomic mass is 32.2. The van der Waals surface area contributed by atoms with E-state index in [1.165, 1.54) is 179 Å². The Labute approximate surface area is 315 Å². The number of benzene rings is 1. The zero-order chi connectivity index (χ0) is 36.5. The van der Waals surface area contributed by atoms with Crippen LogP contribution in [-0.2, 0) is 14.3 Å². The summed E-state index contributed by atoms with van der Waals surface area (Å²) in [5, 5.41) is 10.4. The molecule has 1 aromatic carbocycles. The van der Waals surface area contributed by atoms with Crippen molar-refractivity contribution in [2.24, 2.45) is 0 Å². The molecule has 0 amide bonds. The monoisotopic (exact) mass is 714 g/mol. The van der Waals surface area contributed by atoms with Crippen molar-refractivity contribution in [3.63, 3.8) is 0 Å². The Morgan fingerprint density at radius 2 is 0.840 bits per heavy atom. The highest BCUT2D eigenvalue weighted by Gasteiger charge is 2.41. The van der Waals surface area contributed by atoms with E-state index in [1.54, 1.807) is 0 Å². The van der Waals surface area contributed by atoms with Gasteiger partial charge in [-0.1, -0.05) is 212 Å². The van der Waals surface area contributed by atoms with Gasteiger partial charge in [-0.15, -0.1) is 11.8 Å². The average Bonchev–Trinajstić information content (AvgIpc) is 3.11. The first-order valence-electron chi connectivity index (χ1n) is 21.8. The summed E-state index contributed by atoms with van der Waals surface area (Å²) in [5.41, 5.74) is 2.11. The Morgan fingerprint density at radius 1 is 0.540 bits per heavy atom. The molecule has 1 unspecified atom stereocenters. The molecular formula is C46H81O3S. The highest BCUT2D eigenvalue weighted by Crippen LogP contribution is 2.40. The topological polar surface area (TPSA) is 54.4 Å². The van der Waals surface area contributed by atoms with Gasteiger partial charge < -0.3 is 5.11 Å². The zero-order valence-corrected chi connectivity index (χ0v) is 34.5. The molecule has 0 fully saturated rings. The lowest BCUT2D eigenvalue weighted by Gasteiger charge is -2.27. The lowest BCUT2D eigenvalue weighted by molar-refractivity contribution is -0.120. The molecule has 1 rings (SSSR count). The van der Waals surface area contributed by atoms with E-state index in [1.807, 2.05) is 26.0 Å². The van der Waals surface area contributed by atoms with Crippen LogP contribution in [0.2, 0.25) is 0 Å². The molecule has 0 spiro atoms. The quantitative estimate of drug-likeness (QED) is 0.0551. The summed E-state index contributed by atoms with van der Waals surface area (Å²) in [5.74, 6) is 0.997. The summed E-state index contributed by atoms with van der Waals surface area (Å²) in [4.78, 5) is 26.5. The van der Waals surface area contributed by atoms with Crippen LogP contribution in [0.15, 0.2) is 12.1 Å². The largest absolute Gasteiger partial charge is 0.507 e. The zero-order valence-electron chi connectivity index (χ0n) is 33.7. The molecule has 3 nitrogen and oxygen atoms in total. The van der Waals surface area contributed by atoms with E-state index in [9.17, 15) is 14.7 Å². The summed E-state index contributed by atoms with van der Waals surface area (Å²) in [6, 6.07) is 3.66. The van der Waals surface area contributed by atoms with Crippen molar-refractivity contribution in [2.45, 2.75) is 238 Å². The maximum atomic E-state index is 13.8. The second kappa shape index (κ2) is 32.4. The second-order valence-corrected chi connectivity index (χ2v) is 16.8. The van der Waals surface area contributed by atoms with E-state index in [0.717, 1.165) is 37.9 Å². The van der Waals surface area contributed by atoms with E-state index >= 15 is 0 Å². The van der Waals surface area contributed by atoms with Crippen LogP contribution >= 0.6 is 11.8 Å². The van der Waals surface area contributed by atoms with Crippen LogP contribution in [0.25, 0.3) is 0 Å². The second-order valence-electron chi connectivity index (χ2n) is 15.5. The molecule has 0 heterocycles. The van der Waals surface area contributed by atoms with Crippen molar-refractivity contribution >= 4 is 23.8 Å². The Morgan fingerprint density at radius 3 is 1.16 bits per heavy atom. The minimum Gasteiger partial charge on any atom is -0.507 e. The van der Waals surface area contributed by atoms with Crippen LogP contribution in [0.5, 0.6) is 5.75 Å². The third-order valence-corrected chi connectivity index (χ3v) is 12.2. The summed E-state index contributed by atoms with van der Waals surface area (Å²) in [6.07, 6.45) is 43.3. The van der Waals surface area contributed by atoms with Crippen molar-refractivity contribution in [3.05, 3.63) is 28.8 Å². The van der Waals surface area contributed by atoms with Crippen molar-refractivity contribution in [3.8, 4) is 5.75 Å². The Bertz CT molecular complexity index is 936. The van der Waals surface area contributed by atoms with Crippen molar-refractivity contribution < 1.29 is 14.7 Å². The van der Waals surface area contributed by atoms with Gasteiger partial charge in [0.15, 0.2) is 10.5 Å². The number of carbonyl (C=O) groups is 1. The standard InChI is InChI=1S/C46H81O3S/c1-5-7-9-11-13-15-17-19-21-23-25-27-29-31-33-35-37-50-46(40-47,43-38-41(3)45(49)42(4)39-43)44(48)36-34-32-30-28-26-24-22-20-18-16-14-12-10-8-6-2/h38-39,49H,5-37H2,1-4H3. The van der Waals surface area contributed by atoms with Gasteiger partial charge in [0, 0.05) is 6.42 Å². The number of rotatable bonds is 37. The van der Waals surface area contributed by atoms with E-state index in [-0.39, 0.29) is 11.5 Å². The van der Waals surface area contributed by atoms with Gasteiger partial charge in [0.2, 0.25) is 6.29 Å². The first-order chi connectivity index (χ1) is 24.4. The smallest absolute Gasteiger partial charge is 0.228 e. The molecule has 0 bridgehead atoms. The number of aromatic hydroxyl groups is 1. The van der Waals surface area contributed by atoms with Crippen LogP contribution in [0, 0.1) is 13.8 Å². The van der Waals surface area contributed by atoms with Crippen LogP contribution in [0.4, 0.5) is 0 Å². The van der Waals surface area contributed by atoms with Gasteiger partial charge >= 0.3 is 0 Å². The number of carbonyl (C=O) groups excluding carboxylic acids is 2. The molecule has 1 aromatic rings. The Kier molecular flexibility index (Phi) is 30.3. The predicted octanol–water partition coefficient (Wildman–Crippen LogP) is 15.1. The molecule has 1 atom stereocenters. The van der Waals surface area contributed by atoms with Crippen LogP contribution in [0.1, 0.15) is 236 Å². The summed E-state index contributed by atoms with van der Waals surface area (Å²) < 4.78 is -1.30. The Balaban J connectivity index is 2.34. The van der Waals surface area contributed by atoms with Crippen LogP contribution in [-0.4, -0.2) is 22.9 Å². The average molecular weight is 714 g/mol. The Hall–Kier alpha value is -1.29. The maximum Gasteiger partial charge on any atom is 0.228 e. The summed E-state index contributed by atoms with van der Waals surface area (Å²) in [6.45, 7) is 8.26. The third-order valence-electron chi connectivity index (χ3n) is 10.8. The molecular weight excluding hydrogens is 633 g/mol. The van der Waals surface area contributed by atoms with E-state index in [0.29, 0.717) is 23.1 Å². The van der Waals surface area contributed by atoms with Gasteiger partial charge in [-0.2, -0.15) is 0 Å². The number of aryl methyl sites for hydroxylation is 2. The molecule has 0 saturated heterocycles. The van der Waals surface area contributed by atoms with Crippen molar-refractivity contribution in [1.29, 1.82) is 0 Å². The molecule has 4 heteroatoms. The van der Waals surface area contributed by atoms with Gasteiger partial charge in [-0.05, 0) is 49.1 Å². The molecule has 0 aliphatic rings. The predicted molar refractivity (Wildman–Crippen MR) is 222 cm³/mol. The normalized spacial score (nSPS) is 12.7. The fraction of sp³-hybridized carbons (Fsp3) is 0.826. The molecule has 0 saturated carbocycles. The van der Waals surface area contributed by atoms with Crippen LogP contribution < -0.4 is 0 Å². The van der Waals surface area contributed by atoms with Gasteiger partial charge in [0.25, 0.3) is 0 Å². The molecule has 1 N–H and O–H groups in total. The summed E-state index contributed by atoms with van der Waals surface area (Å²) in [7, 11) is 0. The molecule has 1 radical (unpaired) electrons. The van der Waals surface area contributed by atoms with E-state index in [2.05, 4.69) is 20.1 Å². The lowest BCUT2D eigenvalue weighted by Crippen LogP contribution is -2.35. The number of ketones is 1. The van der Waals surface area contributed by atoms with Gasteiger partial charge in [0.05, 0.1) is 0 Å². The fourth-order valence-corrected chi connectivity index (χ4v) is 8.60. The number of thioether (sulfide) groups is 1. The minimum atomic E-state index is -1.30. The molecule has 0 aliphatic carbocycles. The minimum absolute atomic E-state index is 0.0202. The van der Waals surface area contributed by atoms with Gasteiger partial charge in [0.1, 0.15) is 5.75 Å². The molecule has 289 valence electrons. The van der Waals surface area contributed by atoms with E-state index in [4.69, 9.17) is 0 Å². The summed E-state index contributed by atoms with van der Waals surface area (Å²) >= 11 is 1.47. The van der Waals surface area contributed by atoms with Crippen molar-refractivity contribution in [2.75, 3.05) is 5.75 Å². The maximum absolute atomic E-state index is 13.8. The number of hydrogen-bond acceptors (Lipinski definition) is 4. The SMILES string of the molecule is CCCCCCCCCCCCCCCCCCSC([C]=O)(C(=O)CCCCCCCCCCCCCCCCC)c1cc(C)c(O)c(C)c1. The first-order valence-corrected chi connectivity index (χ1v) is 22.8. The fourth-order valence-electron chi connectivity index (χ4n) is 7.34. The number of Topliss-reactive ketones (excluding diaryl/α,β-unsaturated/α-hetero) is 1. The number of unbranched alkanes of at least 4 members (excludes halogenated alkanes) is 29. The van der Waals surface area contributed by atoms with E-state index < -0.39 is 4.75 Å². The molecule has 0 aromatic heterocycles. The van der Waals surface area contributed by atoms with Crippen molar-refractivity contribution in [1.82, 2.24) is 0 Å². The number of phenols is 1. The third kappa shape index (κ3) is 21.9. The molecule has 50 heavy (non-hydrogen) atoms. The number of phenolic OH excluding ortho intramolecular Hbond substituents is 1. The van der Waals surface area contributed by atoms with Gasteiger partial charge in [-0.3, -0.25) is 9.59 Å². The van der Waals surface area contributed by atoms with Gasteiger partial charge in [-0.25, -0.2) is 0 Å². The first kappa shape index (κ1) is 46.7. The lowest BCUT2D eigenvalue weighted by atomic mass is 9.89.